The summed E-state index contributed by atoms with van der Waals surface area (Å²) < 4.78 is 42.2. The van der Waals surface area contributed by atoms with Crippen molar-refractivity contribution < 1.29 is 42.7 Å². The maximum absolute atomic E-state index is 13.2. The third kappa shape index (κ3) is 9.20. The Kier molecular flexibility index (Phi) is 12.9. The molecule has 1 saturated heterocycles. The largest absolute Gasteiger partial charge is 0.468 e. The summed E-state index contributed by atoms with van der Waals surface area (Å²) in [6, 6.07) is 29.1. The SMILES string of the molecule is COC(=O)C(C(=O)OC)[C@H]1[C@H](OC(C)C)O[C@H](COCc2ccccc2)[C@@H](OCc2ccccc2)[C@@H]1OCc1ccccc1. The van der Waals surface area contributed by atoms with E-state index < -0.39 is 48.4 Å². The molecule has 0 bridgehead atoms. The van der Waals surface area contributed by atoms with Crippen molar-refractivity contribution in [2.75, 3.05) is 20.8 Å². The van der Waals surface area contributed by atoms with Crippen molar-refractivity contribution >= 4 is 11.9 Å². The van der Waals surface area contributed by atoms with Gasteiger partial charge in [0.05, 0.1) is 58.8 Å². The van der Waals surface area contributed by atoms with Gasteiger partial charge < -0.3 is 33.2 Å². The summed E-state index contributed by atoms with van der Waals surface area (Å²) in [6.07, 6.45) is -3.63. The molecular formula is C35H42O9. The van der Waals surface area contributed by atoms with Crippen LogP contribution in [0, 0.1) is 11.8 Å². The zero-order valence-electron chi connectivity index (χ0n) is 25.7. The van der Waals surface area contributed by atoms with Gasteiger partial charge in [-0.15, -0.1) is 0 Å². The van der Waals surface area contributed by atoms with Gasteiger partial charge >= 0.3 is 11.9 Å². The van der Waals surface area contributed by atoms with E-state index in [1.807, 2.05) is 105 Å². The van der Waals surface area contributed by atoms with Crippen LogP contribution in [0.3, 0.4) is 0 Å². The first-order valence-electron chi connectivity index (χ1n) is 14.8. The van der Waals surface area contributed by atoms with Crippen LogP contribution in [0.15, 0.2) is 91.0 Å². The molecule has 0 N–H and O–H groups in total. The monoisotopic (exact) mass is 606 g/mol. The van der Waals surface area contributed by atoms with Crippen LogP contribution in [0.1, 0.15) is 30.5 Å². The normalized spacial score (nSPS) is 21.7. The fourth-order valence-corrected chi connectivity index (χ4v) is 5.27. The zero-order valence-corrected chi connectivity index (χ0v) is 25.7. The molecule has 236 valence electrons. The Balaban J connectivity index is 1.73. The van der Waals surface area contributed by atoms with Gasteiger partial charge in [0.2, 0.25) is 0 Å². The predicted octanol–water partition coefficient (Wildman–Crippen LogP) is 5.10. The van der Waals surface area contributed by atoms with Gasteiger partial charge in [-0.25, -0.2) is 0 Å². The zero-order chi connectivity index (χ0) is 31.3. The van der Waals surface area contributed by atoms with Crippen LogP contribution in [0.25, 0.3) is 0 Å². The lowest BCUT2D eigenvalue weighted by atomic mass is 9.80. The molecule has 1 heterocycles. The molecule has 1 aliphatic heterocycles. The molecule has 0 spiro atoms. The summed E-state index contributed by atoms with van der Waals surface area (Å²) in [5.74, 6) is -3.93. The molecule has 3 aromatic carbocycles. The minimum atomic E-state index is -1.40. The molecular weight excluding hydrogens is 564 g/mol. The topological polar surface area (TPSA) is 98.8 Å². The van der Waals surface area contributed by atoms with E-state index in [0.29, 0.717) is 6.61 Å². The van der Waals surface area contributed by atoms with Gasteiger partial charge in [-0.2, -0.15) is 0 Å². The molecule has 0 aromatic heterocycles. The Bertz CT molecular complexity index is 1250. The van der Waals surface area contributed by atoms with Crippen molar-refractivity contribution in [1.82, 2.24) is 0 Å². The highest BCUT2D eigenvalue weighted by Gasteiger charge is 2.56. The average molecular weight is 607 g/mol. The van der Waals surface area contributed by atoms with E-state index in [9.17, 15) is 9.59 Å². The number of carbonyl (C=O) groups excluding carboxylic acids is 2. The summed E-state index contributed by atoms with van der Waals surface area (Å²) in [4.78, 5) is 26.4. The van der Waals surface area contributed by atoms with E-state index in [1.54, 1.807) is 0 Å². The van der Waals surface area contributed by atoms with Crippen LogP contribution >= 0.6 is 0 Å². The molecule has 1 aliphatic rings. The lowest BCUT2D eigenvalue weighted by molar-refractivity contribution is -0.318. The van der Waals surface area contributed by atoms with E-state index in [4.69, 9.17) is 33.2 Å². The predicted molar refractivity (Wildman–Crippen MR) is 162 cm³/mol. The van der Waals surface area contributed by atoms with Gasteiger partial charge in [0.15, 0.2) is 12.2 Å². The average Bonchev–Trinajstić information content (AvgIpc) is 3.05. The first-order valence-corrected chi connectivity index (χ1v) is 14.8. The number of methoxy groups -OCH3 is 2. The number of ether oxygens (including phenoxy) is 7. The smallest absolute Gasteiger partial charge is 0.320 e. The Labute approximate surface area is 259 Å². The van der Waals surface area contributed by atoms with Crippen LogP contribution in [-0.2, 0) is 62.6 Å². The van der Waals surface area contributed by atoms with Crippen molar-refractivity contribution in [1.29, 1.82) is 0 Å². The van der Waals surface area contributed by atoms with Crippen LogP contribution in [0.2, 0.25) is 0 Å². The number of carbonyl (C=O) groups is 2. The summed E-state index contributed by atoms with van der Waals surface area (Å²) in [7, 11) is 2.45. The van der Waals surface area contributed by atoms with Crippen molar-refractivity contribution in [2.24, 2.45) is 11.8 Å². The van der Waals surface area contributed by atoms with Gasteiger partial charge in [-0.3, -0.25) is 9.59 Å². The van der Waals surface area contributed by atoms with Crippen LogP contribution in [0.4, 0.5) is 0 Å². The van der Waals surface area contributed by atoms with E-state index in [0.717, 1.165) is 16.7 Å². The molecule has 9 nitrogen and oxygen atoms in total. The molecule has 9 heteroatoms. The van der Waals surface area contributed by atoms with Crippen molar-refractivity contribution in [3.63, 3.8) is 0 Å². The highest BCUT2D eigenvalue weighted by molar-refractivity contribution is 5.95. The molecule has 0 amide bonds. The second-order valence-electron chi connectivity index (χ2n) is 10.9. The third-order valence-corrected chi connectivity index (χ3v) is 7.36. The third-order valence-electron chi connectivity index (χ3n) is 7.36. The second-order valence-corrected chi connectivity index (χ2v) is 10.9. The maximum Gasteiger partial charge on any atom is 0.320 e. The fourth-order valence-electron chi connectivity index (χ4n) is 5.27. The first-order chi connectivity index (χ1) is 21.4. The lowest BCUT2D eigenvalue weighted by Gasteiger charge is -2.47. The summed E-state index contributed by atoms with van der Waals surface area (Å²) >= 11 is 0. The lowest BCUT2D eigenvalue weighted by Crippen LogP contribution is -2.62. The molecule has 4 rings (SSSR count). The minimum Gasteiger partial charge on any atom is -0.468 e. The summed E-state index contributed by atoms with van der Waals surface area (Å²) in [5.41, 5.74) is 2.85. The molecule has 0 saturated carbocycles. The fraction of sp³-hybridized carbons (Fsp3) is 0.429. The molecule has 0 radical (unpaired) electrons. The number of benzene rings is 3. The summed E-state index contributed by atoms with van der Waals surface area (Å²) in [5, 5.41) is 0. The van der Waals surface area contributed by atoms with Gasteiger partial charge in [-0.1, -0.05) is 91.0 Å². The minimum absolute atomic E-state index is 0.144. The molecule has 3 aromatic rings. The van der Waals surface area contributed by atoms with E-state index >= 15 is 0 Å². The first kappa shape index (κ1) is 33.3. The van der Waals surface area contributed by atoms with Crippen LogP contribution < -0.4 is 0 Å². The van der Waals surface area contributed by atoms with E-state index in [-0.39, 0.29) is 25.9 Å². The molecule has 1 fully saturated rings. The maximum atomic E-state index is 13.2. The number of rotatable bonds is 15. The number of hydrogen-bond donors (Lipinski definition) is 0. The van der Waals surface area contributed by atoms with Crippen molar-refractivity contribution in [3.05, 3.63) is 108 Å². The van der Waals surface area contributed by atoms with Crippen LogP contribution in [0.5, 0.6) is 0 Å². The Morgan fingerprint density at radius 3 is 1.59 bits per heavy atom. The standard InChI is InChI=1S/C35H42O9/c1-24(2)43-35-29(30(33(36)38-3)34(37)39-4)32(42-22-27-18-12-7-13-19-27)31(41-21-26-16-10-6-11-17-26)28(44-35)23-40-20-25-14-8-5-9-15-25/h5-19,24,28-32,35H,20-23H2,1-4H3/t28-,29-,31-,32-,35-/m1/s1. The summed E-state index contributed by atoms with van der Waals surface area (Å²) in [6.45, 7) is 4.63. The van der Waals surface area contributed by atoms with Gasteiger partial charge in [0, 0.05) is 0 Å². The Morgan fingerprint density at radius 1 is 0.682 bits per heavy atom. The van der Waals surface area contributed by atoms with Gasteiger partial charge in [0.1, 0.15) is 12.2 Å². The quantitative estimate of drug-likeness (QED) is 0.173. The van der Waals surface area contributed by atoms with Crippen molar-refractivity contribution in [3.8, 4) is 0 Å². The van der Waals surface area contributed by atoms with E-state index in [2.05, 4.69) is 0 Å². The number of esters is 2. The van der Waals surface area contributed by atoms with E-state index in [1.165, 1.54) is 14.2 Å². The Morgan fingerprint density at radius 2 is 1.14 bits per heavy atom. The Hall–Kier alpha value is -3.60. The van der Waals surface area contributed by atoms with Crippen molar-refractivity contribution in [2.45, 2.75) is 64.4 Å². The molecule has 44 heavy (non-hydrogen) atoms. The highest BCUT2D eigenvalue weighted by atomic mass is 16.7. The molecule has 0 aliphatic carbocycles. The van der Waals surface area contributed by atoms with Gasteiger partial charge in [0.25, 0.3) is 0 Å². The number of hydrogen-bond acceptors (Lipinski definition) is 9. The van der Waals surface area contributed by atoms with Gasteiger partial charge in [-0.05, 0) is 30.5 Å². The highest BCUT2D eigenvalue weighted by Crippen LogP contribution is 2.38. The molecule has 5 atom stereocenters. The second kappa shape index (κ2) is 17.0. The van der Waals surface area contributed by atoms with Crippen LogP contribution in [-0.4, -0.2) is 63.5 Å². The molecule has 0 unspecified atom stereocenters.